The molecular formula is C16H16N2+2. The van der Waals surface area contributed by atoms with E-state index in [1.807, 2.05) is 6.07 Å². The standard InChI is InChI=1S/C16H16N2/c1-17-12-9-14(13-18-10-5-2-6-11-18)15-7-3-4-8-16(15)17/h2-12H,13H2,1H3/q+2. The lowest BCUT2D eigenvalue weighted by molar-refractivity contribution is -0.688. The molecule has 2 heteroatoms. The Bertz CT molecular complexity index is 675. The van der Waals surface area contributed by atoms with E-state index in [0.717, 1.165) is 6.54 Å². The van der Waals surface area contributed by atoms with Crippen LogP contribution in [0.1, 0.15) is 5.56 Å². The number of aryl methyl sites for hydroxylation is 1. The first-order valence-electron chi connectivity index (χ1n) is 6.15. The Balaban J connectivity index is 2.10. The molecule has 88 valence electrons. The van der Waals surface area contributed by atoms with Crippen LogP contribution >= 0.6 is 0 Å². The van der Waals surface area contributed by atoms with Crippen molar-refractivity contribution in [3.05, 3.63) is 72.7 Å². The van der Waals surface area contributed by atoms with E-state index in [4.69, 9.17) is 0 Å². The van der Waals surface area contributed by atoms with Gasteiger partial charge in [-0.25, -0.2) is 9.13 Å². The van der Waals surface area contributed by atoms with Gasteiger partial charge in [0.15, 0.2) is 25.1 Å². The highest BCUT2D eigenvalue weighted by Crippen LogP contribution is 2.14. The maximum absolute atomic E-state index is 2.20. The molecule has 0 saturated heterocycles. The van der Waals surface area contributed by atoms with E-state index >= 15 is 0 Å². The van der Waals surface area contributed by atoms with Gasteiger partial charge >= 0.3 is 0 Å². The lowest BCUT2D eigenvalue weighted by atomic mass is 10.1. The smallest absolute Gasteiger partial charge is 0.201 e. The van der Waals surface area contributed by atoms with Crippen molar-refractivity contribution in [2.75, 3.05) is 0 Å². The molecule has 3 aromatic rings. The van der Waals surface area contributed by atoms with Crippen LogP contribution in [0.2, 0.25) is 0 Å². The van der Waals surface area contributed by atoms with Crippen molar-refractivity contribution in [3.8, 4) is 0 Å². The minimum Gasteiger partial charge on any atom is -0.201 e. The molecule has 0 N–H and O–H groups in total. The lowest BCUT2D eigenvalue weighted by Gasteiger charge is -2.02. The Morgan fingerprint density at radius 2 is 1.61 bits per heavy atom. The van der Waals surface area contributed by atoms with Crippen LogP contribution in [-0.4, -0.2) is 0 Å². The first-order valence-corrected chi connectivity index (χ1v) is 6.15. The summed E-state index contributed by atoms with van der Waals surface area (Å²) in [7, 11) is 2.09. The molecular weight excluding hydrogens is 220 g/mol. The van der Waals surface area contributed by atoms with Crippen molar-refractivity contribution in [2.24, 2.45) is 7.05 Å². The molecule has 2 heterocycles. The molecule has 0 aliphatic heterocycles. The maximum Gasteiger partial charge on any atom is 0.212 e. The average Bonchev–Trinajstić information content (AvgIpc) is 2.44. The van der Waals surface area contributed by atoms with E-state index < -0.39 is 0 Å². The molecule has 18 heavy (non-hydrogen) atoms. The SMILES string of the molecule is C[n+]1ccc(C[n+]2ccccc2)c2ccccc21. The second-order valence-electron chi connectivity index (χ2n) is 4.52. The van der Waals surface area contributed by atoms with E-state index in [0.29, 0.717) is 0 Å². The zero-order valence-electron chi connectivity index (χ0n) is 10.5. The molecule has 0 aliphatic carbocycles. The van der Waals surface area contributed by atoms with Gasteiger partial charge in [0.25, 0.3) is 0 Å². The van der Waals surface area contributed by atoms with Crippen LogP contribution in [0, 0.1) is 0 Å². The third-order valence-electron chi connectivity index (χ3n) is 3.26. The summed E-state index contributed by atoms with van der Waals surface area (Å²) >= 11 is 0. The van der Waals surface area contributed by atoms with Crippen LogP contribution in [0.3, 0.4) is 0 Å². The van der Waals surface area contributed by atoms with E-state index in [-0.39, 0.29) is 0 Å². The molecule has 0 saturated carbocycles. The van der Waals surface area contributed by atoms with Gasteiger partial charge in [-0.05, 0) is 6.07 Å². The zero-order chi connectivity index (χ0) is 12.4. The van der Waals surface area contributed by atoms with Crippen molar-refractivity contribution in [3.63, 3.8) is 0 Å². The average molecular weight is 236 g/mol. The monoisotopic (exact) mass is 236 g/mol. The number of nitrogens with zero attached hydrogens (tertiary/aromatic N) is 2. The van der Waals surface area contributed by atoms with Crippen molar-refractivity contribution in [1.82, 2.24) is 0 Å². The second kappa shape index (κ2) is 4.57. The molecule has 3 rings (SSSR count). The van der Waals surface area contributed by atoms with Crippen LogP contribution in [0.4, 0.5) is 0 Å². The summed E-state index contributed by atoms with van der Waals surface area (Å²) in [5.41, 5.74) is 2.62. The number of rotatable bonds is 2. The third-order valence-corrected chi connectivity index (χ3v) is 3.26. The Labute approximate surface area is 107 Å². The Morgan fingerprint density at radius 3 is 2.44 bits per heavy atom. The lowest BCUT2D eigenvalue weighted by Crippen LogP contribution is -2.34. The molecule has 0 fully saturated rings. The molecule has 0 unspecified atom stereocenters. The Morgan fingerprint density at radius 1 is 0.833 bits per heavy atom. The van der Waals surface area contributed by atoms with Crippen molar-refractivity contribution < 1.29 is 9.13 Å². The molecule has 2 aromatic heterocycles. The number of fused-ring (bicyclic) bond motifs is 1. The minimum atomic E-state index is 0.905. The van der Waals surface area contributed by atoms with Gasteiger partial charge in [-0.1, -0.05) is 18.2 Å². The van der Waals surface area contributed by atoms with E-state index in [1.165, 1.54) is 16.5 Å². The molecule has 0 bridgehead atoms. The van der Waals surface area contributed by atoms with Crippen LogP contribution < -0.4 is 9.13 Å². The minimum absolute atomic E-state index is 0.905. The fourth-order valence-corrected chi connectivity index (χ4v) is 2.30. The van der Waals surface area contributed by atoms with Gasteiger partial charge in [-0.3, -0.25) is 0 Å². The zero-order valence-corrected chi connectivity index (χ0v) is 10.5. The molecule has 0 spiro atoms. The molecule has 0 aliphatic rings. The maximum atomic E-state index is 2.20. The molecule has 1 aromatic carbocycles. The molecule has 0 radical (unpaired) electrons. The van der Waals surface area contributed by atoms with E-state index in [9.17, 15) is 0 Å². The number of hydrogen-bond acceptors (Lipinski definition) is 0. The first kappa shape index (κ1) is 10.9. The summed E-state index contributed by atoms with van der Waals surface area (Å²) in [5, 5.41) is 1.32. The number of para-hydroxylation sites is 1. The second-order valence-corrected chi connectivity index (χ2v) is 4.52. The number of pyridine rings is 2. The summed E-state index contributed by atoms with van der Waals surface area (Å²) < 4.78 is 4.36. The largest absolute Gasteiger partial charge is 0.212 e. The topological polar surface area (TPSA) is 7.76 Å². The van der Waals surface area contributed by atoms with Gasteiger partial charge in [0.2, 0.25) is 5.52 Å². The van der Waals surface area contributed by atoms with Gasteiger partial charge in [-0.2, -0.15) is 0 Å². The van der Waals surface area contributed by atoms with E-state index in [1.54, 1.807) is 0 Å². The van der Waals surface area contributed by atoms with Crippen LogP contribution in [0.15, 0.2) is 67.1 Å². The van der Waals surface area contributed by atoms with Crippen molar-refractivity contribution >= 4 is 10.9 Å². The Kier molecular flexibility index (Phi) is 2.77. The highest BCUT2D eigenvalue weighted by Gasteiger charge is 2.11. The summed E-state index contributed by atoms with van der Waals surface area (Å²) in [4.78, 5) is 0. The molecule has 0 atom stereocenters. The summed E-state index contributed by atoms with van der Waals surface area (Å²) in [5.74, 6) is 0. The molecule has 0 amide bonds. The van der Waals surface area contributed by atoms with Gasteiger partial charge in [0.1, 0.15) is 7.05 Å². The first-order chi connectivity index (χ1) is 8.84. The van der Waals surface area contributed by atoms with Crippen molar-refractivity contribution in [1.29, 1.82) is 0 Å². The Hall–Kier alpha value is -2.22. The predicted molar refractivity (Wildman–Crippen MR) is 70.9 cm³/mol. The number of aromatic nitrogens is 2. The third kappa shape index (κ3) is 1.97. The summed E-state index contributed by atoms with van der Waals surface area (Å²) in [6.07, 6.45) is 6.32. The fraction of sp³-hybridized carbons (Fsp3) is 0.125. The summed E-state index contributed by atoms with van der Waals surface area (Å²) in [6.45, 7) is 0.905. The predicted octanol–water partition coefficient (Wildman–Crippen LogP) is 2.00. The summed E-state index contributed by atoms with van der Waals surface area (Å²) in [6, 6.07) is 16.9. The van der Waals surface area contributed by atoms with Gasteiger partial charge in [0.05, 0.1) is 5.39 Å². The van der Waals surface area contributed by atoms with Crippen molar-refractivity contribution in [2.45, 2.75) is 6.54 Å². The highest BCUT2D eigenvalue weighted by molar-refractivity contribution is 5.78. The van der Waals surface area contributed by atoms with Gasteiger partial charge in [-0.15, -0.1) is 0 Å². The van der Waals surface area contributed by atoms with Gasteiger partial charge < -0.3 is 0 Å². The number of benzene rings is 1. The van der Waals surface area contributed by atoms with E-state index in [2.05, 4.69) is 77.2 Å². The fourth-order valence-electron chi connectivity index (χ4n) is 2.30. The van der Waals surface area contributed by atoms with Crippen LogP contribution in [-0.2, 0) is 13.6 Å². The van der Waals surface area contributed by atoms with Crippen LogP contribution in [0.25, 0.3) is 10.9 Å². The number of hydrogen-bond donors (Lipinski definition) is 0. The normalized spacial score (nSPS) is 10.7. The quantitative estimate of drug-likeness (QED) is 0.601. The molecule has 2 nitrogen and oxygen atoms in total. The highest BCUT2D eigenvalue weighted by atomic mass is 14.9. The van der Waals surface area contributed by atoms with Gasteiger partial charge in [0, 0.05) is 29.8 Å². The van der Waals surface area contributed by atoms with Crippen LogP contribution in [0.5, 0.6) is 0 Å².